The number of carbonyl (C=O) groups is 1. The molecule has 110 valence electrons. The number of carbonyl (C=O) groups excluding carboxylic acids is 1. The number of aromatic nitrogens is 2. The van der Waals surface area contributed by atoms with E-state index in [0.29, 0.717) is 5.69 Å². The normalized spacial score (nSPS) is 11.0. The van der Waals surface area contributed by atoms with Gasteiger partial charge in [0.15, 0.2) is 0 Å². The highest BCUT2D eigenvalue weighted by atomic mass is 79.9. The lowest BCUT2D eigenvalue weighted by Gasteiger charge is -2.04. The van der Waals surface area contributed by atoms with Gasteiger partial charge in [-0.05, 0) is 35.9 Å². The third kappa shape index (κ3) is 3.35. The van der Waals surface area contributed by atoms with Crippen molar-refractivity contribution in [3.05, 3.63) is 65.0 Å². The number of amides is 2. The molecule has 0 bridgehead atoms. The van der Waals surface area contributed by atoms with Gasteiger partial charge in [0.05, 0.1) is 17.4 Å². The van der Waals surface area contributed by atoms with E-state index in [4.69, 9.17) is 0 Å². The Morgan fingerprint density at radius 2 is 2.09 bits per heavy atom. The predicted octanol–water partition coefficient (Wildman–Crippen LogP) is 4.12. The first-order chi connectivity index (χ1) is 10.7. The van der Waals surface area contributed by atoms with Gasteiger partial charge in [-0.25, -0.2) is 9.78 Å². The van der Waals surface area contributed by atoms with Crippen LogP contribution in [0, 0.1) is 0 Å². The zero-order valence-electron chi connectivity index (χ0n) is 11.5. The average Bonchev–Trinajstić information content (AvgIpc) is 2.97. The van der Waals surface area contributed by atoms with Gasteiger partial charge in [-0.2, -0.15) is 0 Å². The number of nitrogens with one attached hydrogen (secondary N) is 3. The lowest BCUT2D eigenvalue weighted by Crippen LogP contribution is -2.23. The summed E-state index contributed by atoms with van der Waals surface area (Å²) in [4.78, 5) is 19.0. The Kier molecular flexibility index (Phi) is 4.20. The summed E-state index contributed by atoms with van der Waals surface area (Å²) in [5.74, 6) is 0. The quantitative estimate of drug-likeness (QED) is 0.660. The summed E-state index contributed by atoms with van der Waals surface area (Å²) in [6.07, 6.45) is 5.04. The van der Waals surface area contributed by atoms with Gasteiger partial charge in [-0.3, -0.25) is 0 Å². The van der Waals surface area contributed by atoms with Crippen LogP contribution < -0.4 is 10.6 Å². The molecule has 3 N–H and O–H groups in total. The highest BCUT2D eigenvalue weighted by molar-refractivity contribution is 9.10. The molecule has 1 aromatic heterocycles. The third-order valence-electron chi connectivity index (χ3n) is 3.06. The number of hydrogen-bond donors (Lipinski definition) is 3. The summed E-state index contributed by atoms with van der Waals surface area (Å²) in [6.45, 7) is 0. The molecule has 2 amide bonds. The fourth-order valence-corrected chi connectivity index (χ4v) is 2.41. The Balaban J connectivity index is 1.61. The monoisotopic (exact) mass is 356 g/mol. The van der Waals surface area contributed by atoms with Crippen LogP contribution in [0.3, 0.4) is 0 Å². The maximum atomic E-state index is 11.9. The maximum Gasteiger partial charge on any atom is 0.323 e. The topological polar surface area (TPSA) is 69.8 Å². The van der Waals surface area contributed by atoms with Crippen LogP contribution in [0.1, 0.15) is 5.56 Å². The lowest BCUT2D eigenvalue weighted by molar-refractivity contribution is 0.255. The molecule has 0 aliphatic carbocycles. The predicted molar refractivity (Wildman–Crippen MR) is 91.4 cm³/mol. The van der Waals surface area contributed by atoms with Crippen molar-refractivity contribution in [1.29, 1.82) is 0 Å². The SMILES string of the molecule is O=C(N/C=C/c1ccccc1Br)Nc1ccc2nc[nH]c2c1. The number of aromatic amines is 1. The zero-order chi connectivity index (χ0) is 15.4. The first-order valence-electron chi connectivity index (χ1n) is 6.64. The van der Waals surface area contributed by atoms with Crippen LogP contribution in [-0.4, -0.2) is 16.0 Å². The number of hydrogen-bond acceptors (Lipinski definition) is 2. The van der Waals surface area contributed by atoms with E-state index < -0.39 is 0 Å². The molecule has 0 saturated heterocycles. The van der Waals surface area contributed by atoms with Crippen LogP contribution in [0.5, 0.6) is 0 Å². The van der Waals surface area contributed by atoms with Crippen LogP contribution in [0.2, 0.25) is 0 Å². The van der Waals surface area contributed by atoms with E-state index in [0.717, 1.165) is 21.1 Å². The van der Waals surface area contributed by atoms with E-state index in [1.807, 2.05) is 42.5 Å². The van der Waals surface area contributed by atoms with E-state index in [9.17, 15) is 4.79 Å². The smallest absolute Gasteiger partial charge is 0.323 e. The van der Waals surface area contributed by atoms with Crippen molar-refractivity contribution in [3.63, 3.8) is 0 Å². The van der Waals surface area contributed by atoms with Gasteiger partial charge in [0, 0.05) is 16.4 Å². The number of anilines is 1. The first-order valence-corrected chi connectivity index (χ1v) is 7.43. The molecule has 0 saturated carbocycles. The molecule has 2 aromatic carbocycles. The van der Waals surface area contributed by atoms with Crippen LogP contribution in [0.4, 0.5) is 10.5 Å². The molecule has 0 aliphatic heterocycles. The van der Waals surface area contributed by atoms with Crippen molar-refractivity contribution < 1.29 is 4.79 Å². The molecule has 22 heavy (non-hydrogen) atoms. The van der Waals surface area contributed by atoms with Gasteiger partial charge in [-0.15, -0.1) is 0 Å². The molecule has 0 spiro atoms. The number of halogens is 1. The molecule has 3 rings (SSSR count). The highest BCUT2D eigenvalue weighted by Gasteiger charge is 2.02. The van der Waals surface area contributed by atoms with Crippen LogP contribution in [0.15, 0.2) is 59.5 Å². The standard InChI is InChI=1S/C16H13BrN4O/c17-13-4-2-1-3-11(13)7-8-18-16(22)21-12-5-6-14-15(9-12)20-10-19-14/h1-10H,(H,19,20)(H2,18,21,22)/b8-7+. The van der Waals surface area contributed by atoms with Crippen molar-refractivity contribution in [2.45, 2.75) is 0 Å². The lowest BCUT2D eigenvalue weighted by atomic mass is 10.2. The maximum absolute atomic E-state index is 11.9. The summed E-state index contributed by atoms with van der Waals surface area (Å²) in [7, 11) is 0. The molecule has 1 heterocycles. The minimum atomic E-state index is -0.304. The number of nitrogens with zero attached hydrogens (tertiary/aromatic N) is 1. The van der Waals surface area contributed by atoms with Crippen molar-refractivity contribution in [2.24, 2.45) is 0 Å². The molecule has 0 fully saturated rings. The molecular formula is C16H13BrN4O. The van der Waals surface area contributed by atoms with Crippen molar-refractivity contribution in [2.75, 3.05) is 5.32 Å². The van der Waals surface area contributed by atoms with Crippen LogP contribution in [-0.2, 0) is 0 Å². The Hall–Kier alpha value is -2.60. The number of fused-ring (bicyclic) bond motifs is 1. The second kappa shape index (κ2) is 6.44. The summed E-state index contributed by atoms with van der Waals surface area (Å²) in [5, 5.41) is 5.44. The highest BCUT2D eigenvalue weighted by Crippen LogP contribution is 2.17. The molecule has 0 unspecified atom stereocenters. The molecule has 5 nitrogen and oxygen atoms in total. The van der Waals surface area contributed by atoms with Gasteiger partial charge in [0.2, 0.25) is 0 Å². The molecule has 0 radical (unpaired) electrons. The number of rotatable bonds is 3. The van der Waals surface area contributed by atoms with Gasteiger partial charge in [0.1, 0.15) is 0 Å². The van der Waals surface area contributed by atoms with Crippen molar-refractivity contribution in [1.82, 2.24) is 15.3 Å². The summed E-state index contributed by atoms with van der Waals surface area (Å²) < 4.78 is 0.971. The van der Waals surface area contributed by atoms with Gasteiger partial charge >= 0.3 is 6.03 Å². The molecule has 0 atom stereocenters. The van der Waals surface area contributed by atoms with Crippen molar-refractivity contribution in [3.8, 4) is 0 Å². The number of benzene rings is 2. The largest absolute Gasteiger partial charge is 0.345 e. The summed E-state index contributed by atoms with van der Waals surface area (Å²) in [6, 6.07) is 12.9. The number of imidazole rings is 1. The van der Waals surface area contributed by atoms with Crippen molar-refractivity contribution >= 4 is 44.8 Å². The Labute approximate surface area is 135 Å². The zero-order valence-corrected chi connectivity index (χ0v) is 13.1. The van der Waals surface area contributed by atoms with Crippen LogP contribution in [0.25, 0.3) is 17.1 Å². The second-order valence-corrected chi connectivity index (χ2v) is 5.44. The van der Waals surface area contributed by atoms with Gasteiger partial charge in [-0.1, -0.05) is 34.1 Å². The summed E-state index contributed by atoms with van der Waals surface area (Å²) >= 11 is 3.45. The fraction of sp³-hybridized carbons (Fsp3) is 0. The van der Waals surface area contributed by atoms with E-state index in [2.05, 4.69) is 36.5 Å². The first kappa shape index (κ1) is 14.3. The Morgan fingerprint density at radius 1 is 1.23 bits per heavy atom. The third-order valence-corrected chi connectivity index (χ3v) is 3.78. The average molecular weight is 357 g/mol. The molecule has 6 heteroatoms. The number of H-pyrrole nitrogens is 1. The van der Waals surface area contributed by atoms with Gasteiger partial charge in [0.25, 0.3) is 0 Å². The minimum absolute atomic E-state index is 0.304. The number of urea groups is 1. The van der Waals surface area contributed by atoms with E-state index >= 15 is 0 Å². The van der Waals surface area contributed by atoms with E-state index in [1.54, 1.807) is 18.6 Å². The second-order valence-electron chi connectivity index (χ2n) is 4.59. The van der Waals surface area contributed by atoms with Crippen LogP contribution >= 0.6 is 15.9 Å². The molecular weight excluding hydrogens is 344 g/mol. The minimum Gasteiger partial charge on any atom is -0.345 e. The fourth-order valence-electron chi connectivity index (χ4n) is 2.00. The van der Waals surface area contributed by atoms with Gasteiger partial charge < -0.3 is 15.6 Å². The van der Waals surface area contributed by atoms with E-state index in [-0.39, 0.29) is 6.03 Å². The molecule has 3 aromatic rings. The Bertz CT molecular complexity index is 841. The van der Waals surface area contributed by atoms with E-state index in [1.165, 1.54) is 0 Å². The summed E-state index contributed by atoms with van der Waals surface area (Å²) in [5.41, 5.74) is 3.42. The Morgan fingerprint density at radius 3 is 2.95 bits per heavy atom. The molecule has 0 aliphatic rings.